The molecular formula is C27H32ClN3O3. The van der Waals surface area contributed by atoms with Gasteiger partial charge in [-0.05, 0) is 36.1 Å². The Hall–Kier alpha value is -3.12. The van der Waals surface area contributed by atoms with Gasteiger partial charge in [-0.15, -0.1) is 0 Å². The third-order valence-electron chi connectivity index (χ3n) is 6.06. The minimum Gasteiger partial charge on any atom is -0.352 e. The summed E-state index contributed by atoms with van der Waals surface area (Å²) in [5.41, 5.74) is 1.88. The Morgan fingerprint density at radius 2 is 1.74 bits per heavy atom. The van der Waals surface area contributed by atoms with E-state index in [1.165, 1.54) is 0 Å². The first-order valence-corrected chi connectivity index (χ1v) is 12.0. The number of nitrogens with zero attached hydrogens (tertiary/aromatic N) is 1. The molecule has 3 atom stereocenters. The molecule has 2 aromatic rings. The first-order valence-electron chi connectivity index (χ1n) is 11.6. The van der Waals surface area contributed by atoms with Gasteiger partial charge in [-0.1, -0.05) is 73.1 Å². The highest BCUT2D eigenvalue weighted by Gasteiger charge is 2.28. The van der Waals surface area contributed by atoms with Gasteiger partial charge in [-0.2, -0.15) is 0 Å². The number of nitrogens with one attached hydrogen (secondary N) is 2. The van der Waals surface area contributed by atoms with E-state index in [2.05, 4.69) is 10.6 Å². The molecule has 0 spiro atoms. The summed E-state index contributed by atoms with van der Waals surface area (Å²) in [6.45, 7) is 2.60. The molecule has 0 aliphatic carbocycles. The van der Waals surface area contributed by atoms with Crippen LogP contribution in [0.4, 0.5) is 0 Å². The zero-order valence-electron chi connectivity index (χ0n) is 19.7. The minimum absolute atomic E-state index is 0.0435. The lowest BCUT2D eigenvalue weighted by Gasteiger charge is -2.29. The molecule has 2 aromatic carbocycles. The molecule has 1 heterocycles. The van der Waals surface area contributed by atoms with E-state index in [0.717, 1.165) is 11.1 Å². The van der Waals surface area contributed by atoms with Gasteiger partial charge in [0, 0.05) is 37.5 Å². The summed E-state index contributed by atoms with van der Waals surface area (Å²) in [4.78, 5) is 40.3. The number of hydrogen-bond donors (Lipinski definition) is 2. The van der Waals surface area contributed by atoms with Crippen molar-refractivity contribution < 1.29 is 14.4 Å². The second-order valence-electron chi connectivity index (χ2n) is 8.84. The summed E-state index contributed by atoms with van der Waals surface area (Å²) in [5.74, 6) is -1.01. The molecule has 0 radical (unpaired) electrons. The average molecular weight is 482 g/mol. The van der Waals surface area contributed by atoms with Crippen LogP contribution in [0.5, 0.6) is 0 Å². The fraction of sp³-hybridized carbons (Fsp3) is 0.370. The SMILES string of the molecule is C[C@H]1C/C=C/C[C@@H](CC(=O)NCc2ccc(Cl)cc2)C(=O)N(C)C[C@@H](c2ccccc2)NC1=O. The Kier molecular flexibility index (Phi) is 9.28. The van der Waals surface area contributed by atoms with Crippen LogP contribution in [0.25, 0.3) is 0 Å². The molecule has 1 aliphatic heterocycles. The summed E-state index contributed by atoms with van der Waals surface area (Å²) in [6, 6.07) is 16.6. The van der Waals surface area contributed by atoms with Gasteiger partial charge in [0.15, 0.2) is 0 Å². The van der Waals surface area contributed by atoms with E-state index in [1.807, 2.05) is 61.5 Å². The van der Waals surface area contributed by atoms with Gasteiger partial charge < -0.3 is 15.5 Å². The first kappa shape index (κ1) is 25.5. The molecular weight excluding hydrogens is 450 g/mol. The summed E-state index contributed by atoms with van der Waals surface area (Å²) < 4.78 is 0. The van der Waals surface area contributed by atoms with Crippen molar-refractivity contribution in [2.24, 2.45) is 11.8 Å². The number of benzene rings is 2. The molecule has 2 N–H and O–H groups in total. The largest absolute Gasteiger partial charge is 0.352 e. The Morgan fingerprint density at radius 1 is 1.06 bits per heavy atom. The van der Waals surface area contributed by atoms with Crippen molar-refractivity contribution in [2.75, 3.05) is 13.6 Å². The monoisotopic (exact) mass is 481 g/mol. The van der Waals surface area contributed by atoms with Crippen molar-refractivity contribution in [2.45, 2.75) is 38.8 Å². The maximum absolute atomic E-state index is 13.3. The predicted molar refractivity (Wildman–Crippen MR) is 134 cm³/mol. The summed E-state index contributed by atoms with van der Waals surface area (Å²) >= 11 is 5.92. The van der Waals surface area contributed by atoms with Crippen molar-refractivity contribution >= 4 is 29.3 Å². The van der Waals surface area contributed by atoms with Crippen LogP contribution in [0.3, 0.4) is 0 Å². The molecule has 0 fully saturated rings. The van der Waals surface area contributed by atoms with Crippen LogP contribution in [0.1, 0.15) is 43.4 Å². The third-order valence-corrected chi connectivity index (χ3v) is 6.31. The van der Waals surface area contributed by atoms with E-state index in [-0.39, 0.29) is 36.1 Å². The van der Waals surface area contributed by atoms with Crippen LogP contribution in [0.2, 0.25) is 5.02 Å². The van der Waals surface area contributed by atoms with Crippen LogP contribution in [-0.4, -0.2) is 36.2 Å². The van der Waals surface area contributed by atoms with E-state index < -0.39 is 5.92 Å². The van der Waals surface area contributed by atoms with Crippen LogP contribution in [0, 0.1) is 11.8 Å². The number of likely N-dealkylation sites (N-methyl/N-ethyl adjacent to an activating group) is 1. The van der Waals surface area contributed by atoms with Crippen molar-refractivity contribution in [1.82, 2.24) is 15.5 Å². The molecule has 0 saturated heterocycles. The highest BCUT2D eigenvalue weighted by Crippen LogP contribution is 2.20. The third kappa shape index (κ3) is 7.45. The molecule has 0 saturated carbocycles. The van der Waals surface area contributed by atoms with Crippen molar-refractivity contribution in [3.63, 3.8) is 0 Å². The fourth-order valence-electron chi connectivity index (χ4n) is 3.95. The number of hydrogen-bond acceptors (Lipinski definition) is 3. The quantitative estimate of drug-likeness (QED) is 0.626. The molecule has 3 rings (SSSR count). The van der Waals surface area contributed by atoms with Gasteiger partial charge in [0.25, 0.3) is 0 Å². The lowest BCUT2D eigenvalue weighted by Crippen LogP contribution is -2.43. The standard InChI is InChI=1S/C27H32ClN3O3/c1-19-8-6-7-11-22(16-25(32)29-17-20-12-14-23(28)15-13-20)27(34)31(2)18-24(30-26(19)33)21-9-4-3-5-10-21/h3-7,9-10,12-15,19,22,24H,8,11,16-18H2,1-2H3,(H,29,32)(H,30,33)/b7-6+/t19-,22-,24-/m0/s1. The summed E-state index contributed by atoms with van der Waals surface area (Å²) in [6.07, 6.45) is 4.95. The van der Waals surface area contributed by atoms with Gasteiger partial charge in [-0.25, -0.2) is 0 Å². The molecule has 180 valence electrons. The highest BCUT2D eigenvalue weighted by atomic mass is 35.5. The van der Waals surface area contributed by atoms with Crippen molar-refractivity contribution in [1.29, 1.82) is 0 Å². The Bertz CT molecular complexity index is 1010. The van der Waals surface area contributed by atoms with Gasteiger partial charge in [0.1, 0.15) is 0 Å². The maximum Gasteiger partial charge on any atom is 0.226 e. The van der Waals surface area contributed by atoms with Gasteiger partial charge in [0.2, 0.25) is 17.7 Å². The van der Waals surface area contributed by atoms with Crippen molar-refractivity contribution in [3.8, 4) is 0 Å². The Labute approximate surface area is 206 Å². The van der Waals surface area contributed by atoms with E-state index in [4.69, 9.17) is 11.6 Å². The topological polar surface area (TPSA) is 78.5 Å². The normalized spacial score (nSPS) is 22.8. The zero-order chi connectivity index (χ0) is 24.5. The van der Waals surface area contributed by atoms with E-state index in [0.29, 0.717) is 31.0 Å². The smallest absolute Gasteiger partial charge is 0.226 e. The second kappa shape index (κ2) is 12.4. The Balaban J connectivity index is 1.72. The van der Waals surface area contributed by atoms with Gasteiger partial charge in [-0.3, -0.25) is 14.4 Å². The van der Waals surface area contributed by atoms with Crippen LogP contribution >= 0.6 is 11.6 Å². The molecule has 34 heavy (non-hydrogen) atoms. The molecule has 1 aliphatic rings. The van der Waals surface area contributed by atoms with E-state index in [9.17, 15) is 14.4 Å². The second-order valence-corrected chi connectivity index (χ2v) is 9.28. The van der Waals surface area contributed by atoms with E-state index in [1.54, 1.807) is 24.1 Å². The van der Waals surface area contributed by atoms with Gasteiger partial charge >= 0.3 is 0 Å². The van der Waals surface area contributed by atoms with Crippen molar-refractivity contribution in [3.05, 3.63) is 82.9 Å². The molecule has 3 amide bonds. The first-order chi connectivity index (χ1) is 16.3. The fourth-order valence-corrected chi connectivity index (χ4v) is 4.07. The van der Waals surface area contributed by atoms with Gasteiger partial charge in [0.05, 0.1) is 12.0 Å². The number of halogens is 1. The molecule has 0 bridgehead atoms. The number of allylic oxidation sites excluding steroid dienone is 2. The summed E-state index contributed by atoms with van der Waals surface area (Å²) in [5, 5.41) is 6.64. The number of rotatable bonds is 5. The number of carbonyl (C=O) groups excluding carboxylic acids is 3. The molecule has 0 unspecified atom stereocenters. The zero-order valence-corrected chi connectivity index (χ0v) is 20.4. The minimum atomic E-state index is -0.478. The van der Waals surface area contributed by atoms with E-state index >= 15 is 0 Å². The highest BCUT2D eigenvalue weighted by molar-refractivity contribution is 6.30. The molecule has 7 heteroatoms. The maximum atomic E-state index is 13.3. The number of amides is 3. The average Bonchev–Trinajstić information content (AvgIpc) is 2.84. The van der Waals surface area contributed by atoms with Crippen LogP contribution in [-0.2, 0) is 20.9 Å². The lowest BCUT2D eigenvalue weighted by atomic mass is 9.96. The predicted octanol–water partition coefficient (Wildman–Crippen LogP) is 4.26. The van der Waals surface area contributed by atoms with Crippen LogP contribution < -0.4 is 10.6 Å². The summed E-state index contributed by atoms with van der Waals surface area (Å²) in [7, 11) is 1.72. The molecule has 6 nitrogen and oxygen atoms in total. The molecule has 0 aromatic heterocycles. The van der Waals surface area contributed by atoms with Crippen LogP contribution in [0.15, 0.2) is 66.7 Å². The number of carbonyl (C=O) groups is 3. The Morgan fingerprint density at radius 3 is 2.44 bits per heavy atom. The lowest BCUT2D eigenvalue weighted by molar-refractivity contribution is -0.138.